The number of nitrogens with zero attached hydrogens (tertiary/aromatic N) is 2. The summed E-state index contributed by atoms with van der Waals surface area (Å²) < 4.78 is 0. The number of rotatable bonds is 4. The summed E-state index contributed by atoms with van der Waals surface area (Å²) in [5.74, 6) is -0.0796. The summed E-state index contributed by atoms with van der Waals surface area (Å²) >= 11 is 0. The molecule has 1 heterocycles. The lowest BCUT2D eigenvalue weighted by molar-refractivity contribution is 0.0954. The Hall–Kier alpha value is -2.75. The minimum atomic E-state index is -0.0796. The van der Waals surface area contributed by atoms with Gasteiger partial charge in [-0.1, -0.05) is 29.8 Å². The largest absolute Gasteiger partial charge is 0.352 e. The molecule has 0 unspecified atom stereocenters. The van der Waals surface area contributed by atoms with Crippen LogP contribution in [0.15, 0.2) is 42.5 Å². The number of amides is 1. The van der Waals surface area contributed by atoms with Gasteiger partial charge in [0.1, 0.15) is 0 Å². The Labute approximate surface area is 142 Å². The molecule has 0 aliphatic carbocycles. The smallest absolute Gasteiger partial charge is 0.251 e. The summed E-state index contributed by atoms with van der Waals surface area (Å²) in [5, 5.41) is 2.97. The molecule has 4 heteroatoms. The maximum Gasteiger partial charge on any atom is 0.251 e. The molecule has 2 aromatic carbocycles. The Morgan fingerprint density at radius 2 is 1.58 bits per heavy atom. The predicted molar refractivity (Wildman–Crippen MR) is 96.2 cm³/mol. The van der Waals surface area contributed by atoms with Gasteiger partial charge < -0.3 is 5.32 Å². The first-order valence-electron chi connectivity index (χ1n) is 8.12. The third-order valence-corrected chi connectivity index (χ3v) is 4.16. The van der Waals surface area contributed by atoms with E-state index < -0.39 is 0 Å². The minimum Gasteiger partial charge on any atom is -0.352 e. The Bertz CT molecular complexity index is 885. The lowest BCUT2D eigenvalue weighted by Crippen LogP contribution is -2.25. The van der Waals surface area contributed by atoms with Gasteiger partial charge >= 0.3 is 0 Å². The molecule has 0 aliphatic rings. The average molecular weight is 319 g/mol. The van der Waals surface area contributed by atoms with Crippen molar-refractivity contribution in [2.45, 2.75) is 27.2 Å². The molecule has 24 heavy (non-hydrogen) atoms. The summed E-state index contributed by atoms with van der Waals surface area (Å²) in [6.07, 6.45) is 0.817. The van der Waals surface area contributed by atoms with Crippen LogP contribution in [0.5, 0.6) is 0 Å². The van der Waals surface area contributed by atoms with Gasteiger partial charge in [-0.2, -0.15) is 0 Å². The van der Waals surface area contributed by atoms with Crippen molar-refractivity contribution in [1.29, 1.82) is 0 Å². The van der Waals surface area contributed by atoms with Gasteiger partial charge in [-0.05, 0) is 51.0 Å². The van der Waals surface area contributed by atoms with E-state index in [9.17, 15) is 4.79 Å². The highest BCUT2D eigenvalue weighted by Gasteiger charge is 2.08. The fourth-order valence-electron chi connectivity index (χ4n) is 2.55. The molecule has 1 aromatic heterocycles. The maximum absolute atomic E-state index is 12.3. The van der Waals surface area contributed by atoms with E-state index in [0.29, 0.717) is 12.1 Å². The standard InChI is InChI=1S/C20H21N3O/c1-13-4-6-16(7-5-13)10-11-21-20(24)17-8-9-18-19(12-17)23-15(3)14(2)22-18/h4-9,12H,10-11H2,1-3H3,(H,21,24). The highest BCUT2D eigenvalue weighted by atomic mass is 16.1. The fraction of sp³-hybridized carbons (Fsp3) is 0.250. The first-order valence-corrected chi connectivity index (χ1v) is 8.12. The Morgan fingerprint density at radius 3 is 2.29 bits per heavy atom. The molecule has 0 radical (unpaired) electrons. The zero-order valence-electron chi connectivity index (χ0n) is 14.3. The second kappa shape index (κ2) is 6.79. The van der Waals surface area contributed by atoms with Crippen LogP contribution in [0.25, 0.3) is 11.0 Å². The summed E-state index contributed by atoms with van der Waals surface area (Å²) in [6.45, 7) is 6.54. The molecular formula is C20H21N3O. The first kappa shape index (κ1) is 16.1. The normalized spacial score (nSPS) is 10.8. The number of fused-ring (bicyclic) bond motifs is 1. The highest BCUT2D eigenvalue weighted by Crippen LogP contribution is 2.14. The van der Waals surface area contributed by atoms with Gasteiger partial charge in [0, 0.05) is 12.1 Å². The van der Waals surface area contributed by atoms with Crippen molar-refractivity contribution in [2.24, 2.45) is 0 Å². The van der Waals surface area contributed by atoms with E-state index in [-0.39, 0.29) is 5.91 Å². The van der Waals surface area contributed by atoms with E-state index in [4.69, 9.17) is 0 Å². The number of carbonyl (C=O) groups is 1. The van der Waals surface area contributed by atoms with E-state index in [1.54, 1.807) is 12.1 Å². The number of benzene rings is 2. The summed E-state index contributed by atoms with van der Waals surface area (Å²) in [7, 11) is 0. The van der Waals surface area contributed by atoms with Crippen LogP contribution in [0.4, 0.5) is 0 Å². The second-order valence-corrected chi connectivity index (χ2v) is 6.09. The monoisotopic (exact) mass is 319 g/mol. The quantitative estimate of drug-likeness (QED) is 0.800. The van der Waals surface area contributed by atoms with Gasteiger partial charge in [0.2, 0.25) is 0 Å². The van der Waals surface area contributed by atoms with Gasteiger partial charge in [0.05, 0.1) is 22.4 Å². The summed E-state index contributed by atoms with van der Waals surface area (Å²) in [5.41, 5.74) is 6.45. The first-order chi connectivity index (χ1) is 11.5. The van der Waals surface area contributed by atoms with Gasteiger partial charge in [-0.15, -0.1) is 0 Å². The summed E-state index contributed by atoms with van der Waals surface area (Å²) in [6, 6.07) is 13.8. The van der Waals surface area contributed by atoms with Crippen LogP contribution in [0.1, 0.15) is 32.9 Å². The molecule has 3 rings (SSSR count). The van der Waals surface area contributed by atoms with Crippen LogP contribution in [-0.4, -0.2) is 22.4 Å². The number of aromatic nitrogens is 2. The van der Waals surface area contributed by atoms with E-state index >= 15 is 0 Å². The molecule has 0 bridgehead atoms. The van der Waals surface area contributed by atoms with Crippen molar-refractivity contribution in [3.8, 4) is 0 Å². The molecule has 0 saturated carbocycles. The zero-order chi connectivity index (χ0) is 17.1. The third kappa shape index (κ3) is 3.59. The zero-order valence-corrected chi connectivity index (χ0v) is 14.3. The van der Waals surface area contributed by atoms with Crippen molar-refractivity contribution in [2.75, 3.05) is 6.54 Å². The van der Waals surface area contributed by atoms with E-state index in [2.05, 4.69) is 46.5 Å². The molecular weight excluding hydrogens is 298 g/mol. The lowest BCUT2D eigenvalue weighted by Gasteiger charge is -2.07. The second-order valence-electron chi connectivity index (χ2n) is 6.09. The Morgan fingerprint density at radius 1 is 0.917 bits per heavy atom. The average Bonchev–Trinajstić information content (AvgIpc) is 2.57. The van der Waals surface area contributed by atoms with E-state index in [0.717, 1.165) is 28.8 Å². The predicted octanol–water partition coefficient (Wildman–Crippen LogP) is 3.53. The molecule has 122 valence electrons. The van der Waals surface area contributed by atoms with Crippen LogP contribution in [-0.2, 0) is 6.42 Å². The molecule has 0 saturated heterocycles. The van der Waals surface area contributed by atoms with Crippen LogP contribution >= 0.6 is 0 Å². The van der Waals surface area contributed by atoms with Gasteiger partial charge in [-0.25, -0.2) is 9.97 Å². The molecule has 1 amide bonds. The van der Waals surface area contributed by atoms with Crippen LogP contribution in [0, 0.1) is 20.8 Å². The molecule has 0 spiro atoms. The number of aryl methyl sites for hydroxylation is 3. The number of carbonyl (C=O) groups excluding carboxylic acids is 1. The fourth-order valence-corrected chi connectivity index (χ4v) is 2.55. The van der Waals surface area contributed by atoms with Crippen molar-refractivity contribution >= 4 is 16.9 Å². The number of hydrogen-bond acceptors (Lipinski definition) is 3. The molecule has 0 aliphatic heterocycles. The molecule has 3 aromatic rings. The summed E-state index contributed by atoms with van der Waals surface area (Å²) in [4.78, 5) is 21.3. The van der Waals surface area contributed by atoms with E-state index in [1.807, 2.05) is 19.9 Å². The van der Waals surface area contributed by atoms with E-state index in [1.165, 1.54) is 11.1 Å². The van der Waals surface area contributed by atoms with Gasteiger partial charge in [-0.3, -0.25) is 4.79 Å². The number of nitrogens with one attached hydrogen (secondary N) is 1. The van der Waals surface area contributed by atoms with Gasteiger partial charge in [0.15, 0.2) is 0 Å². The lowest BCUT2D eigenvalue weighted by atomic mass is 10.1. The maximum atomic E-state index is 12.3. The van der Waals surface area contributed by atoms with Crippen molar-refractivity contribution in [1.82, 2.24) is 15.3 Å². The minimum absolute atomic E-state index is 0.0796. The molecule has 0 atom stereocenters. The van der Waals surface area contributed by atoms with Crippen LogP contribution in [0.2, 0.25) is 0 Å². The SMILES string of the molecule is Cc1ccc(CCNC(=O)c2ccc3nc(C)c(C)nc3c2)cc1. The topological polar surface area (TPSA) is 54.9 Å². The molecule has 4 nitrogen and oxygen atoms in total. The molecule has 0 fully saturated rings. The van der Waals surface area contributed by atoms with Crippen LogP contribution in [0.3, 0.4) is 0 Å². The highest BCUT2D eigenvalue weighted by molar-refractivity contribution is 5.97. The van der Waals surface area contributed by atoms with Crippen molar-refractivity contribution in [3.05, 3.63) is 70.5 Å². The third-order valence-electron chi connectivity index (χ3n) is 4.16. The van der Waals surface area contributed by atoms with Gasteiger partial charge in [0.25, 0.3) is 5.91 Å². The Kier molecular flexibility index (Phi) is 4.56. The number of hydrogen-bond donors (Lipinski definition) is 1. The van der Waals surface area contributed by atoms with Crippen LogP contribution < -0.4 is 5.32 Å². The molecule has 1 N–H and O–H groups in total. The van der Waals surface area contributed by atoms with Crippen molar-refractivity contribution < 1.29 is 4.79 Å². The van der Waals surface area contributed by atoms with Crippen molar-refractivity contribution in [3.63, 3.8) is 0 Å². The Balaban J connectivity index is 1.67.